The molecule has 1 N–H and O–H groups in total. The summed E-state index contributed by atoms with van der Waals surface area (Å²) in [5, 5.41) is 9.40. The molecule has 0 aliphatic carbocycles. The van der Waals surface area contributed by atoms with Gasteiger partial charge in [-0.3, -0.25) is 9.59 Å². The van der Waals surface area contributed by atoms with Gasteiger partial charge in [-0.15, -0.1) is 11.3 Å². The van der Waals surface area contributed by atoms with Crippen LogP contribution in [0.1, 0.15) is 44.0 Å². The third-order valence-electron chi connectivity index (χ3n) is 4.85. The number of carbonyl (C=O) groups excluding carboxylic acids is 1. The van der Waals surface area contributed by atoms with Gasteiger partial charge in [0.1, 0.15) is 0 Å². The first-order chi connectivity index (χ1) is 12.6. The first kappa shape index (κ1) is 18.6. The molecule has 7 heteroatoms. The van der Waals surface area contributed by atoms with Crippen molar-refractivity contribution < 1.29 is 4.79 Å². The van der Waals surface area contributed by atoms with Crippen LogP contribution in [0.4, 0.5) is 5.69 Å². The molecule has 26 heavy (non-hydrogen) atoms. The third kappa shape index (κ3) is 4.33. The van der Waals surface area contributed by atoms with E-state index in [1.165, 1.54) is 9.56 Å². The summed E-state index contributed by atoms with van der Waals surface area (Å²) in [7, 11) is 0. The van der Waals surface area contributed by atoms with Crippen LogP contribution in [0.3, 0.4) is 0 Å². The maximum Gasteiger partial charge on any atom is 0.268 e. The number of anilines is 1. The molecule has 1 saturated heterocycles. The summed E-state index contributed by atoms with van der Waals surface area (Å²) >= 11 is 1.66. The lowest BCUT2D eigenvalue weighted by Gasteiger charge is -2.33. The van der Waals surface area contributed by atoms with Crippen molar-refractivity contribution in [1.29, 1.82) is 0 Å². The van der Waals surface area contributed by atoms with E-state index in [2.05, 4.69) is 15.3 Å². The predicted octanol–water partition coefficient (Wildman–Crippen LogP) is 2.81. The Kier molecular flexibility index (Phi) is 6.08. The molecule has 6 nitrogen and oxygen atoms in total. The second-order valence-corrected chi connectivity index (χ2v) is 7.76. The van der Waals surface area contributed by atoms with Crippen LogP contribution in [-0.4, -0.2) is 28.8 Å². The molecule has 0 radical (unpaired) electrons. The van der Waals surface area contributed by atoms with Gasteiger partial charge >= 0.3 is 0 Å². The second-order valence-electron chi connectivity index (χ2n) is 6.78. The fourth-order valence-corrected chi connectivity index (χ4v) is 4.05. The Balaban J connectivity index is 1.54. The van der Waals surface area contributed by atoms with Crippen LogP contribution in [-0.2, 0) is 11.3 Å². The molecule has 3 heterocycles. The smallest absolute Gasteiger partial charge is 0.268 e. The van der Waals surface area contributed by atoms with E-state index < -0.39 is 0 Å². The molecule has 0 spiro atoms. The maximum atomic E-state index is 12.5. The summed E-state index contributed by atoms with van der Waals surface area (Å²) in [5.74, 6) is 0.157. The number of piperidine rings is 1. The van der Waals surface area contributed by atoms with Gasteiger partial charge < -0.3 is 10.2 Å². The average molecular weight is 375 g/mol. The van der Waals surface area contributed by atoms with E-state index in [1.54, 1.807) is 23.6 Å². The molecule has 1 aliphatic heterocycles. The van der Waals surface area contributed by atoms with Crippen LogP contribution >= 0.6 is 11.3 Å². The Morgan fingerprint density at radius 3 is 2.81 bits per heavy atom. The number of hydrogen-bond acceptors (Lipinski definition) is 5. The average Bonchev–Trinajstić information content (AvgIpc) is 3.18. The monoisotopic (exact) mass is 374 g/mol. The van der Waals surface area contributed by atoms with E-state index in [4.69, 9.17) is 0 Å². The minimum atomic E-state index is -0.0611. The fourth-order valence-electron chi connectivity index (χ4n) is 3.32. The van der Waals surface area contributed by atoms with Crippen LogP contribution in [0, 0.1) is 5.92 Å². The molecule has 1 atom stereocenters. The Bertz CT molecular complexity index is 779. The van der Waals surface area contributed by atoms with E-state index in [9.17, 15) is 9.59 Å². The molecule has 2 aromatic rings. The number of rotatable bonds is 6. The van der Waals surface area contributed by atoms with Crippen molar-refractivity contribution in [3.63, 3.8) is 0 Å². The van der Waals surface area contributed by atoms with Crippen molar-refractivity contribution in [2.75, 3.05) is 18.0 Å². The minimum absolute atomic E-state index is 0.0297. The number of aryl methyl sites for hydroxylation is 1. The highest BCUT2D eigenvalue weighted by molar-refractivity contribution is 7.10. The number of aromatic nitrogens is 2. The quantitative estimate of drug-likeness (QED) is 0.844. The molecule has 1 amide bonds. The van der Waals surface area contributed by atoms with Crippen LogP contribution in [0.15, 0.2) is 34.6 Å². The van der Waals surface area contributed by atoms with Crippen molar-refractivity contribution in [2.24, 2.45) is 5.92 Å². The highest BCUT2D eigenvalue weighted by Gasteiger charge is 2.26. The standard InChI is InChI=1S/C19H26N4O2S/c1-3-8-23-18(24)12-16(13-20-23)22-9-6-15(7-10-22)19(25)21-14(2)17-5-4-11-26-17/h4-5,11-15H,3,6-10H2,1-2H3,(H,21,25)/t14-/m0/s1. The van der Waals surface area contributed by atoms with Crippen LogP contribution in [0.5, 0.6) is 0 Å². The Hall–Kier alpha value is -2.15. The maximum absolute atomic E-state index is 12.5. The van der Waals surface area contributed by atoms with Crippen molar-refractivity contribution >= 4 is 22.9 Å². The highest BCUT2D eigenvalue weighted by Crippen LogP contribution is 2.24. The normalized spacial score (nSPS) is 16.5. The van der Waals surface area contributed by atoms with Gasteiger partial charge in [0.05, 0.1) is 17.9 Å². The molecular weight excluding hydrogens is 348 g/mol. The predicted molar refractivity (Wildman–Crippen MR) is 105 cm³/mol. The molecule has 3 rings (SSSR count). The SMILES string of the molecule is CCCn1ncc(N2CCC(C(=O)N[C@@H](C)c3cccs3)CC2)cc1=O. The van der Waals surface area contributed by atoms with Gasteiger partial charge in [0.2, 0.25) is 5.91 Å². The molecule has 2 aromatic heterocycles. The second kappa shape index (κ2) is 8.49. The minimum Gasteiger partial charge on any atom is -0.370 e. The number of thiophene rings is 1. The number of nitrogens with one attached hydrogen (secondary N) is 1. The summed E-state index contributed by atoms with van der Waals surface area (Å²) in [4.78, 5) is 27.9. The number of amides is 1. The van der Waals surface area contributed by atoms with Gasteiger partial charge in [-0.2, -0.15) is 5.10 Å². The number of carbonyl (C=O) groups is 1. The zero-order valence-corrected chi connectivity index (χ0v) is 16.2. The molecular formula is C19H26N4O2S. The Labute approximate surface area is 157 Å². The largest absolute Gasteiger partial charge is 0.370 e. The van der Waals surface area contributed by atoms with Gasteiger partial charge in [0.25, 0.3) is 5.56 Å². The van der Waals surface area contributed by atoms with E-state index in [0.29, 0.717) is 6.54 Å². The lowest BCUT2D eigenvalue weighted by atomic mass is 9.95. The summed E-state index contributed by atoms with van der Waals surface area (Å²) in [6, 6.07) is 5.76. The molecule has 0 saturated carbocycles. The van der Waals surface area contributed by atoms with E-state index in [1.807, 2.05) is 31.4 Å². The first-order valence-electron chi connectivity index (χ1n) is 9.24. The summed E-state index contributed by atoms with van der Waals surface area (Å²) in [6.07, 6.45) is 4.23. The molecule has 0 unspecified atom stereocenters. The van der Waals surface area contributed by atoms with Crippen molar-refractivity contribution in [3.8, 4) is 0 Å². The van der Waals surface area contributed by atoms with Crippen molar-refractivity contribution in [2.45, 2.75) is 45.7 Å². The van der Waals surface area contributed by atoms with Gasteiger partial charge in [-0.05, 0) is 37.6 Å². The van der Waals surface area contributed by atoms with Crippen LogP contribution in [0.2, 0.25) is 0 Å². The van der Waals surface area contributed by atoms with Gasteiger partial charge in [-0.1, -0.05) is 13.0 Å². The van der Waals surface area contributed by atoms with Crippen molar-refractivity contribution in [1.82, 2.24) is 15.1 Å². The molecule has 1 fully saturated rings. The highest BCUT2D eigenvalue weighted by atomic mass is 32.1. The third-order valence-corrected chi connectivity index (χ3v) is 5.91. The van der Waals surface area contributed by atoms with Gasteiger partial charge in [0, 0.05) is 36.5 Å². The summed E-state index contributed by atoms with van der Waals surface area (Å²) in [6.45, 7) is 6.23. The van der Waals surface area contributed by atoms with Crippen LogP contribution in [0.25, 0.3) is 0 Å². The molecule has 0 aromatic carbocycles. The Morgan fingerprint density at radius 2 is 2.19 bits per heavy atom. The van der Waals surface area contributed by atoms with Crippen molar-refractivity contribution in [3.05, 3.63) is 45.0 Å². The summed E-state index contributed by atoms with van der Waals surface area (Å²) in [5.41, 5.74) is 0.794. The lowest BCUT2D eigenvalue weighted by Crippen LogP contribution is -2.41. The zero-order chi connectivity index (χ0) is 18.5. The van der Waals surface area contributed by atoms with Crippen LogP contribution < -0.4 is 15.8 Å². The van der Waals surface area contributed by atoms with E-state index in [-0.39, 0.29) is 23.4 Å². The Morgan fingerprint density at radius 1 is 1.42 bits per heavy atom. The molecule has 140 valence electrons. The molecule has 0 bridgehead atoms. The van der Waals surface area contributed by atoms with E-state index >= 15 is 0 Å². The lowest BCUT2D eigenvalue weighted by molar-refractivity contribution is -0.126. The number of nitrogens with zero attached hydrogens (tertiary/aromatic N) is 3. The van der Waals surface area contributed by atoms with Gasteiger partial charge in [-0.25, -0.2) is 4.68 Å². The van der Waals surface area contributed by atoms with E-state index in [0.717, 1.165) is 38.0 Å². The first-order valence-corrected chi connectivity index (χ1v) is 10.1. The molecule has 1 aliphatic rings. The fraction of sp³-hybridized carbons (Fsp3) is 0.526. The van der Waals surface area contributed by atoms with Gasteiger partial charge in [0.15, 0.2) is 0 Å². The summed E-state index contributed by atoms with van der Waals surface area (Å²) < 4.78 is 1.50. The zero-order valence-electron chi connectivity index (χ0n) is 15.4. The number of hydrogen-bond donors (Lipinski definition) is 1. The topological polar surface area (TPSA) is 67.2 Å².